The Labute approximate surface area is 157 Å². The van der Waals surface area contributed by atoms with E-state index in [4.69, 9.17) is 9.47 Å². The SMILES string of the molecule is COCCN1C2CCC1CC(N(C)C(=O)NC1CCCC3OCCC13)C2. The number of ether oxygens (including phenoxy) is 2. The molecule has 0 spiro atoms. The summed E-state index contributed by atoms with van der Waals surface area (Å²) in [5, 5.41) is 3.36. The third-order valence-electron chi connectivity index (χ3n) is 7.37. The molecule has 3 saturated heterocycles. The summed E-state index contributed by atoms with van der Waals surface area (Å²) in [4.78, 5) is 17.5. The Balaban J connectivity index is 1.32. The quantitative estimate of drug-likeness (QED) is 0.812. The first-order valence-corrected chi connectivity index (χ1v) is 10.6. The zero-order valence-corrected chi connectivity index (χ0v) is 16.4. The Hall–Kier alpha value is -0.850. The van der Waals surface area contributed by atoms with Crippen molar-refractivity contribution in [3.8, 4) is 0 Å². The number of fused-ring (bicyclic) bond motifs is 3. The molecule has 6 heteroatoms. The molecule has 4 fully saturated rings. The number of carbonyl (C=O) groups excluding carboxylic acids is 1. The van der Waals surface area contributed by atoms with Crippen molar-refractivity contribution in [2.24, 2.45) is 5.92 Å². The fourth-order valence-electron chi connectivity index (χ4n) is 5.90. The predicted octanol–water partition coefficient (Wildman–Crippen LogP) is 2.23. The Bertz CT molecular complexity index is 489. The lowest BCUT2D eigenvalue weighted by Gasteiger charge is -2.43. The molecule has 26 heavy (non-hydrogen) atoms. The Morgan fingerprint density at radius 3 is 2.69 bits per heavy atom. The van der Waals surface area contributed by atoms with Crippen LogP contribution in [0.4, 0.5) is 4.79 Å². The van der Waals surface area contributed by atoms with Gasteiger partial charge in [0.2, 0.25) is 0 Å². The predicted molar refractivity (Wildman–Crippen MR) is 100 cm³/mol. The Morgan fingerprint density at radius 2 is 1.96 bits per heavy atom. The van der Waals surface area contributed by atoms with Gasteiger partial charge in [0.1, 0.15) is 0 Å². The maximum atomic E-state index is 12.9. The molecule has 3 heterocycles. The van der Waals surface area contributed by atoms with E-state index in [0.717, 1.165) is 58.3 Å². The standard InChI is InChI=1S/C20H35N3O3/c1-22(16-12-14-6-7-15(13-16)23(14)9-11-25-2)20(24)21-18-4-3-5-19-17(18)8-10-26-19/h14-19H,3-13H2,1-2H3,(H,21,24). The van der Waals surface area contributed by atoms with E-state index in [-0.39, 0.29) is 6.03 Å². The number of piperidine rings is 1. The third kappa shape index (κ3) is 3.60. The monoisotopic (exact) mass is 365 g/mol. The van der Waals surface area contributed by atoms with Gasteiger partial charge in [0.25, 0.3) is 0 Å². The van der Waals surface area contributed by atoms with Crippen LogP contribution in [0.15, 0.2) is 0 Å². The Morgan fingerprint density at radius 1 is 1.19 bits per heavy atom. The van der Waals surface area contributed by atoms with Gasteiger partial charge in [-0.3, -0.25) is 4.90 Å². The van der Waals surface area contributed by atoms with Crippen LogP contribution < -0.4 is 5.32 Å². The molecule has 1 aliphatic carbocycles. The number of hydrogen-bond donors (Lipinski definition) is 1. The molecule has 2 amide bonds. The van der Waals surface area contributed by atoms with Crippen LogP contribution in [-0.4, -0.2) is 80.0 Å². The number of urea groups is 1. The normalized spacial score (nSPS) is 39.6. The third-order valence-corrected chi connectivity index (χ3v) is 7.37. The van der Waals surface area contributed by atoms with Gasteiger partial charge < -0.3 is 19.7 Å². The lowest BCUT2D eigenvalue weighted by atomic mass is 9.82. The number of nitrogens with zero attached hydrogens (tertiary/aromatic N) is 2. The largest absolute Gasteiger partial charge is 0.383 e. The van der Waals surface area contributed by atoms with E-state index in [2.05, 4.69) is 10.2 Å². The summed E-state index contributed by atoms with van der Waals surface area (Å²) >= 11 is 0. The zero-order chi connectivity index (χ0) is 18.1. The molecular formula is C20H35N3O3. The summed E-state index contributed by atoms with van der Waals surface area (Å²) < 4.78 is 11.1. The van der Waals surface area contributed by atoms with Crippen LogP contribution in [0.5, 0.6) is 0 Å². The average Bonchev–Trinajstić information content (AvgIpc) is 3.21. The molecule has 3 aliphatic heterocycles. The van der Waals surface area contributed by atoms with Crippen molar-refractivity contribution >= 4 is 6.03 Å². The second-order valence-corrected chi connectivity index (χ2v) is 8.70. The van der Waals surface area contributed by atoms with Crippen LogP contribution in [0, 0.1) is 5.92 Å². The molecule has 4 rings (SSSR count). The van der Waals surface area contributed by atoms with Crippen LogP contribution in [0.25, 0.3) is 0 Å². The molecule has 5 unspecified atom stereocenters. The van der Waals surface area contributed by atoms with Gasteiger partial charge in [-0.05, 0) is 51.4 Å². The summed E-state index contributed by atoms with van der Waals surface area (Å²) in [7, 11) is 3.77. The van der Waals surface area contributed by atoms with E-state index < -0.39 is 0 Å². The molecule has 6 nitrogen and oxygen atoms in total. The van der Waals surface area contributed by atoms with Gasteiger partial charge >= 0.3 is 6.03 Å². The number of nitrogens with one attached hydrogen (secondary N) is 1. The Kier molecular flexibility index (Phi) is 5.72. The highest BCUT2D eigenvalue weighted by molar-refractivity contribution is 5.74. The smallest absolute Gasteiger partial charge is 0.317 e. The van der Waals surface area contributed by atoms with E-state index >= 15 is 0 Å². The maximum absolute atomic E-state index is 12.9. The van der Waals surface area contributed by atoms with E-state index in [1.807, 2.05) is 11.9 Å². The number of rotatable bonds is 5. The number of methoxy groups -OCH3 is 1. The minimum Gasteiger partial charge on any atom is -0.383 e. The summed E-state index contributed by atoms with van der Waals surface area (Å²) in [6, 6.07) is 2.02. The van der Waals surface area contributed by atoms with Crippen molar-refractivity contribution in [1.82, 2.24) is 15.1 Å². The van der Waals surface area contributed by atoms with Crippen molar-refractivity contribution in [2.45, 2.75) is 81.6 Å². The van der Waals surface area contributed by atoms with E-state index in [9.17, 15) is 4.79 Å². The van der Waals surface area contributed by atoms with Crippen molar-refractivity contribution in [1.29, 1.82) is 0 Å². The van der Waals surface area contributed by atoms with E-state index in [1.54, 1.807) is 7.11 Å². The van der Waals surface area contributed by atoms with Crippen molar-refractivity contribution in [3.63, 3.8) is 0 Å². The fraction of sp³-hybridized carbons (Fsp3) is 0.950. The molecule has 2 bridgehead atoms. The van der Waals surface area contributed by atoms with Crippen molar-refractivity contribution in [2.75, 3.05) is 33.9 Å². The van der Waals surface area contributed by atoms with Crippen LogP contribution in [0.2, 0.25) is 0 Å². The zero-order valence-electron chi connectivity index (χ0n) is 16.4. The molecule has 0 aromatic carbocycles. The second kappa shape index (κ2) is 8.03. The highest BCUT2D eigenvalue weighted by Gasteiger charge is 2.43. The van der Waals surface area contributed by atoms with Crippen molar-refractivity contribution in [3.05, 3.63) is 0 Å². The van der Waals surface area contributed by atoms with Gasteiger partial charge in [-0.15, -0.1) is 0 Å². The summed E-state index contributed by atoms with van der Waals surface area (Å²) in [5.41, 5.74) is 0. The van der Waals surface area contributed by atoms with Crippen LogP contribution in [-0.2, 0) is 9.47 Å². The van der Waals surface area contributed by atoms with Crippen molar-refractivity contribution < 1.29 is 14.3 Å². The number of amides is 2. The van der Waals surface area contributed by atoms with Gasteiger partial charge in [-0.1, -0.05) is 0 Å². The summed E-state index contributed by atoms with van der Waals surface area (Å²) in [6.45, 7) is 2.70. The lowest BCUT2D eigenvalue weighted by molar-refractivity contribution is 0.0475. The highest BCUT2D eigenvalue weighted by Crippen LogP contribution is 2.38. The first-order chi connectivity index (χ1) is 12.7. The number of hydrogen-bond acceptors (Lipinski definition) is 4. The van der Waals surface area contributed by atoms with Gasteiger partial charge in [-0.2, -0.15) is 0 Å². The van der Waals surface area contributed by atoms with Gasteiger partial charge in [0.05, 0.1) is 12.7 Å². The van der Waals surface area contributed by atoms with Crippen LogP contribution >= 0.6 is 0 Å². The lowest BCUT2D eigenvalue weighted by Crippen LogP contribution is -2.56. The van der Waals surface area contributed by atoms with Gasteiger partial charge in [0.15, 0.2) is 0 Å². The molecule has 0 aromatic rings. The molecule has 0 radical (unpaired) electrons. The summed E-state index contributed by atoms with van der Waals surface area (Å²) in [6.07, 6.45) is 9.64. The van der Waals surface area contributed by atoms with Gasteiger partial charge in [0, 0.05) is 57.4 Å². The summed E-state index contributed by atoms with van der Waals surface area (Å²) in [5.74, 6) is 0.521. The van der Waals surface area contributed by atoms with Crippen LogP contribution in [0.1, 0.15) is 51.4 Å². The molecule has 4 aliphatic rings. The van der Waals surface area contributed by atoms with E-state index in [0.29, 0.717) is 36.2 Å². The minimum atomic E-state index is 0.122. The minimum absolute atomic E-state index is 0.122. The molecule has 0 aromatic heterocycles. The molecule has 148 valence electrons. The number of carbonyl (C=O) groups is 1. The molecule has 5 atom stereocenters. The highest BCUT2D eigenvalue weighted by atomic mass is 16.5. The van der Waals surface area contributed by atoms with Gasteiger partial charge in [-0.25, -0.2) is 4.79 Å². The van der Waals surface area contributed by atoms with E-state index in [1.165, 1.54) is 12.8 Å². The average molecular weight is 366 g/mol. The maximum Gasteiger partial charge on any atom is 0.317 e. The fourth-order valence-corrected chi connectivity index (χ4v) is 5.90. The molecule has 1 N–H and O–H groups in total. The molecular weight excluding hydrogens is 330 g/mol. The first-order valence-electron chi connectivity index (χ1n) is 10.6. The molecule has 1 saturated carbocycles. The topological polar surface area (TPSA) is 54.0 Å². The second-order valence-electron chi connectivity index (χ2n) is 8.70. The van der Waals surface area contributed by atoms with Crippen LogP contribution in [0.3, 0.4) is 0 Å². The first kappa shape index (κ1) is 18.5.